The van der Waals surface area contributed by atoms with Gasteiger partial charge in [0.1, 0.15) is 5.75 Å². The molecule has 0 aliphatic rings. The number of methoxy groups -OCH3 is 1. The molecule has 11 heteroatoms. The van der Waals surface area contributed by atoms with Crippen molar-refractivity contribution in [1.29, 1.82) is 0 Å². The molecule has 1 heterocycles. The summed E-state index contributed by atoms with van der Waals surface area (Å²) in [5.74, 6) is 0.955. The van der Waals surface area contributed by atoms with E-state index in [0.29, 0.717) is 33.3 Å². The normalized spacial score (nSPS) is 11.5. The number of hydrogen-bond acceptors (Lipinski definition) is 6. The highest BCUT2D eigenvalue weighted by molar-refractivity contribution is 7.99. The summed E-state index contributed by atoms with van der Waals surface area (Å²) in [6.45, 7) is 6.04. The first-order valence-corrected chi connectivity index (χ1v) is 12.4. The van der Waals surface area contributed by atoms with Crippen LogP contribution in [0, 0.1) is 0 Å². The van der Waals surface area contributed by atoms with E-state index >= 15 is 0 Å². The molecule has 0 aliphatic carbocycles. The van der Waals surface area contributed by atoms with Gasteiger partial charge < -0.3 is 19.9 Å². The second kappa shape index (κ2) is 12.6. The molecule has 0 fully saturated rings. The van der Waals surface area contributed by atoms with Crippen molar-refractivity contribution in [3.8, 4) is 5.75 Å². The second-order valence-corrected chi connectivity index (χ2v) is 9.30. The number of hydrogen-bond donors (Lipinski definition) is 2. The summed E-state index contributed by atoms with van der Waals surface area (Å²) in [4.78, 5) is 25.0. The number of nitrogens with zero attached hydrogens (tertiary/aromatic N) is 3. The molecule has 0 unspecified atom stereocenters. The summed E-state index contributed by atoms with van der Waals surface area (Å²) < 4.78 is 6.96. The number of anilines is 1. The zero-order valence-electron chi connectivity index (χ0n) is 19.3. The van der Waals surface area contributed by atoms with Crippen LogP contribution in [0.25, 0.3) is 0 Å². The Balaban J connectivity index is 1.62. The van der Waals surface area contributed by atoms with Gasteiger partial charge in [-0.05, 0) is 42.8 Å². The number of aromatic nitrogens is 3. The number of halogens is 2. The smallest absolute Gasteiger partial charge is 0.234 e. The molecule has 0 radical (unpaired) electrons. The van der Waals surface area contributed by atoms with E-state index in [1.807, 2.05) is 35.8 Å². The Bertz CT molecular complexity index is 1200. The van der Waals surface area contributed by atoms with Crippen LogP contribution in [0.15, 0.2) is 60.3 Å². The lowest BCUT2D eigenvalue weighted by molar-refractivity contribution is -0.121. The van der Waals surface area contributed by atoms with Crippen LogP contribution < -0.4 is 15.4 Å². The van der Waals surface area contributed by atoms with Crippen LogP contribution in [0.3, 0.4) is 0 Å². The Hall–Kier alpha value is -3.01. The molecule has 0 saturated carbocycles. The summed E-state index contributed by atoms with van der Waals surface area (Å²) in [7, 11) is 1.59. The number of ether oxygens (including phenoxy) is 1. The maximum atomic E-state index is 12.6. The van der Waals surface area contributed by atoms with Crippen LogP contribution in [0.4, 0.5) is 5.69 Å². The third-order valence-corrected chi connectivity index (χ3v) is 6.41. The van der Waals surface area contributed by atoms with Gasteiger partial charge in [0.15, 0.2) is 11.0 Å². The van der Waals surface area contributed by atoms with E-state index in [4.69, 9.17) is 27.9 Å². The third-order valence-electron chi connectivity index (χ3n) is 4.88. The maximum absolute atomic E-state index is 12.6. The Labute approximate surface area is 218 Å². The zero-order chi connectivity index (χ0) is 25.4. The predicted octanol–water partition coefficient (Wildman–Crippen LogP) is 4.93. The van der Waals surface area contributed by atoms with Gasteiger partial charge in [-0.25, -0.2) is 0 Å². The first-order valence-electron chi connectivity index (χ1n) is 10.6. The van der Waals surface area contributed by atoms with Gasteiger partial charge in [0, 0.05) is 11.6 Å². The average molecular weight is 534 g/mol. The van der Waals surface area contributed by atoms with Crippen molar-refractivity contribution in [1.82, 2.24) is 20.1 Å². The first kappa shape index (κ1) is 26.6. The maximum Gasteiger partial charge on any atom is 0.234 e. The second-order valence-electron chi connectivity index (χ2n) is 7.52. The number of allylic oxidation sites excluding steroid dienone is 1. The van der Waals surface area contributed by atoms with Gasteiger partial charge in [-0.3, -0.25) is 9.59 Å². The van der Waals surface area contributed by atoms with Crippen LogP contribution in [-0.2, 0) is 22.6 Å². The predicted molar refractivity (Wildman–Crippen MR) is 139 cm³/mol. The van der Waals surface area contributed by atoms with E-state index in [1.54, 1.807) is 31.4 Å². The summed E-state index contributed by atoms with van der Waals surface area (Å²) in [6.07, 6.45) is 1.92. The molecule has 3 aromatic rings. The fourth-order valence-corrected chi connectivity index (χ4v) is 4.32. The molecule has 0 spiro atoms. The lowest BCUT2D eigenvalue weighted by atomic mass is 10.1. The average Bonchev–Trinajstić information content (AvgIpc) is 3.23. The number of nitrogens with one attached hydrogen (secondary N) is 2. The molecule has 35 heavy (non-hydrogen) atoms. The monoisotopic (exact) mass is 533 g/mol. The fraction of sp³-hybridized carbons (Fsp3) is 0.250. The summed E-state index contributed by atoms with van der Waals surface area (Å²) in [5, 5.41) is 15.5. The van der Waals surface area contributed by atoms with E-state index < -0.39 is 6.04 Å². The molecule has 0 bridgehead atoms. The number of benzene rings is 2. The van der Waals surface area contributed by atoms with Crippen LogP contribution >= 0.6 is 35.0 Å². The highest BCUT2D eigenvalue weighted by Gasteiger charge is 2.20. The third kappa shape index (κ3) is 7.48. The van der Waals surface area contributed by atoms with Gasteiger partial charge >= 0.3 is 0 Å². The molecular formula is C24H25Cl2N5O3S. The molecule has 2 N–H and O–H groups in total. The quantitative estimate of drug-likeness (QED) is 0.268. The molecular weight excluding hydrogens is 509 g/mol. The Kier molecular flexibility index (Phi) is 9.59. The topological polar surface area (TPSA) is 98.1 Å². The largest absolute Gasteiger partial charge is 0.497 e. The van der Waals surface area contributed by atoms with Gasteiger partial charge in [0.25, 0.3) is 0 Å². The molecule has 0 aliphatic heterocycles. The lowest BCUT2D eigenvalue weighted by Crippen LogP contribution is -2.30. The summed E-state index contributed by atoms with van der Waals surface area (Å²) >= 11 is 13.3. The van der Waals surface area contributed by atoms with E-state index in [-0.39, 0.29) is 24.0 Å². The van der Waals surface area contributed by atoms with Crippen molar-refractivity contribution >= 4 is 52.5 Å². The molecule has 0 saturated heterocycles. The first-order chi connectivity index (χ1) is 16.8. The van der Waals surface area contributed by atoms with Crippen LogP contribution in [0.1, 0.15) is 24.4 Å². The number of amides is 2. The molecule has 1 atom stereocenters. The molecule has 2 amide bonds. The van der Waals surface area contributed by atoms with Crippen molar-refractivity contribution < 1.29 is 14.3 Å². The molecule has 184 valence electrons. The fourth-order valence-electron chi connectivity index (χ4n) is 3.22. The van der Waals surface area contributed by atoms with Crippen molar-refractivity contribution in [2.45, 2.75) is 31.1 Å². The highest BCUT2D eigenvalue weighted by atomic mass is 35.5. The van der Waals surface area contributed by atoms with Crippen LogP contribution in [0.5, 0.6) is 5.75 Å². The van der Waals surface area contributed by atoms with Crippen molar-refractivity contribution in [2.75, 3.05) is 18.2 Å². The Morgan fingerprint density at radius 2 is 1.91 bits per heavy atom. The van der Waals surface area contributed by atoms with E-state index in [0.717, 1.165) is 11.3 Å². The highest BCUT2D eigenvalue weighted by Crippen LogP contribution is 2.26. The Morgan fingerprint density at radius 1 is 1.17 bits per heavy atom. The van der Waals surface area contributed by atoms with E-state index in [2.05, 4.69) is 27.4 Å². The minimum Gasteiger partial charge on any atom is -0.497 e. The lowest BCUT2D eigenvalue weighted by Gasteiger charge is -2.15. The summed E-state index contributed by atoms with van der Waals surface area (Å²) in [6, 6.07) is 11.8. The van der Waals surface area contributed by atoms with Gasteiger partial charge in [0.05, 0.1) is 36.0 Å². The molecule has 1 aromatic heterocycles. The molecule has 3 rings (SSSR count). The van der Waals surface area contributed by atoms with Gasteiger partial charge in [0.2, 0.25) is 11.8 Å². The SMILES string of the molecule is C=CCn1c(SCC(=O)Nc2cc(Cl)ccc2Cl)nnc1[C@@H](C)NC(=O)Cc1ccc(OC)cc1. The molecule has 2 aromatic carbocycles. The Morgan fingerprint density at radius 3 is 2.60 bits per heavy atom. The minimum absolute atomic E-state index is 0.0797. The number of carbonyl (C=O) groups is 2. The minimum atomic E-state index is -0.401. The van der Waals surface area contributed by atoms with Crippen molar-refractivity contribution in [3.63, 3.8) is 0 Å². The van der Waals surface area contributed by atoms with Crippen LogP contribution in [0.2, 0.25) is 10.0 Å². The standard InChI is InChI=1S/C24H25Cl2N5O3S/c1-4-11-31-23(15(2)27-21(32)12-16-5-8-18(34-3)9-6-16)29-30-24(31)35-14-22(33)28-20-13-17(25)7-10-19(20)26/h4-10,13,15H,1,11-12,14H2,2-3H3,(H,27,32)(H,28,33)/t15-/m1/s1. The van der Waals surface area contributed by atoms with Gasteiger partial charge in [-0.15, -0.1) is 16.8 Å². The van der Waals surface area contributed by atoms with Gasteiger partial charge in [-0.2, -0.15) is 0 Å². The number of carbonyl (C=O) groups excluding carboxylic acids is 2. The van der Waals surface area contributed by atoms with Gasteiger partial charge in [-0.1, -0.05) is 53.2 Å². The zero-order valence-corrected chi connectivity index (χ0v) is 21.6. The number of thioether (sulfide) groups is 1. The molecule has 8 nitrogen and oxygen atoms in total. The summed E-state index contributed by atoms with van der Waals surface area (Å²) in [5.41, 5.74) is 1.30. The van der Waals surface area contributed by atoms with E-state index in [1.165, 1.54) is 11.8 Å². The van der Waals surface area contributed by atoms with Crippen LogP contribution in [-0.4, -0.2) is 39.4 Å². The van der Waals surface area contributed by atoms with Crippen molar-refractivity contribution in [2.24, 2.45) is 0 Å². The number of rotatable bonds is 11. The van der Waals surface area contributed by atoms with Crippen molar-refractivity contribution in [3.05, 3.63) is 76.6 Å². The van der Waals surface area contributed by atoms with E-state index in [9.17, 15) is 9.59 Å².